The number of benzene rings is 1. The van der Waals surface area contributed by atoms with Crippen LogP contribution in [0.25, 0.3) is 10.9 Å². The van der Waals surface area contributed by atoms with E-state index in [0.29, 0.717) is 16.5 Å². The van der Waals surface area contributed by atoms with Crippen molar-refractivity contribution in [3.05, 3.63) is 35.8 Å². The van der Waals surface area contributed by atoms with Crippen LogP contribution >= 0.6 is 0 Å². The first kappa shape index (κ1) is 8.74. The number of esters is 1. The van der Waals surface area contributed by atoms with Crippen LogP contribution in [0.15, 0.2) is 24.4 Å². The van der Waals surface area contributed by atoms with Gasteiger partial charge in [0.2, 0.25) is 0 Å². The molecule has 1 aromatic heterocycles. The van der Waals surface area contributed by atoms with Crippen molar-refractivity contribution in [2.45, 2.75) is 0 Å². The van der Waals surface area contributed by atoms with Gasteiger partial charge in [-0.25, -0.2) is 9.18 Å². The quantitative estimate of drug-likeness (QED) is 0.704. The molecule has 2 rings (SSSR count). The number of aromatic amines is 1. The number of ether oxygens (including phenoxy) is 1. The van der Waals surface area contributed by atoms with Crippen molar-refractivity contribution < 1.29 is 13.9 Å². The molecule has 1 N–H and O–H groups in total. The van der Waals surface area contributed by atoms with Gasteiger partial charge < -0.3 is 9.72 Å². The van der Waals surface area contributed by atoms with E-state index in [1.165, 1.54) is 25.4 Å². The van der Waals surface area contributed by atoms with Gasteiger partial charge in [-0.2, -0.15) is 0 Å². The molecule has 0 radical (unpaired) electrons. The summed E-state index contributed by atoms with van der Waals surface area (Å²) in [6, 6.07) is 4.22. The van der Waals surface area contributed by atoms with Crippen LogP contribution in [0.3, 0.4) is 0 Å². The minimum Gasteiger partial charge on any atom is -0.465 e. The number of methoxy groups -OCH3 is 1. The highest BCUT2D eigenvalue weighted by Crippen LogP contribution is 2.19. The Morgan fingerprint density at radius 3 is 3.00 bits per heavy atom. The van der Waals surface area contributed by atoms with Gasteiger partial charge in [-0.05, 0) is 18.2 Å². The van der Waals surface area contributed by atoms with Crippen molar-refractivity contribution in [2.24, 2.45) is 0 Å². The minimum absolute atomic E-state index is 0.349. The molecule has 0 unspecified atom stereocenters. The fourth-order valence-corrected chi connectivity index (χ4v) is 1.37. The number of fused-ring (bicyclic) bond motifs is 1. The predicted octanol–water partition coefficient (Wildman–Crippen LogP) is 2.09. The first-order valence-electron chi connectivity index (χ1n) is 4.07. The van der Waals surface area contributed by atoms with Crippen LogP contribution in [0.4, 0.5) is 4.39 Å². The Kier molecular flexibility index (Phi) is 1.96. The third kappa shape index (κ3) is 1.25. The van der Waals surface area contributed by atoms with Crippen LogP contribution in [0.5, 0.6) is 0 Å². The lowest BCUT2D eigenvalue weighted by Gasteiger charge is -1.96. The van der Waals surface area contributed by atoms with E-state index < -0.39 is 5.97 Å². The molecular formula is C10H8FNO2. The van der Waals surface area contributed by atoms with Gasteiger partial charge in [0, 0.05) is 17.1 Å². The monoisotopic (exact) mass is 193 g/mol. The summed E-state index contributed by atoms with van der Waals surface area (Å²) in [5, 5.41) is 0.539. The van der Waals surface area contributed by atoms with Crippen molar-refractivity contribution in [3.8, 4) is 0 Å². The zero-order valence-corrected chi connectivity index (χ0v) is 7.50. The smallest absolute Gasteiger partial charge is 0.340 e. The average molecular weight is 193 g/mol. The van der Waals surface area contributed by atoms with Gasteiger partial charge in [0.25, 0.3) is 0 Å². The van der Waals surface area contributed by atoms with Gasteiger partial charge in [-0.1, -0.05) is 0 Å². The number of nitrogens with one attached hydrogen (secondary N) is 1. The van der Waals surface area contributed by atoms with Crippen LogP contribution < -0.4 is 0 Å². The first-order valence-corrected chi connectivity index (χ1v) is 4.07. The fraction of sp³-hybridized carbons (Fsp3) is 0.100. The van der Waals surface area contributed by atoms with Gasteiger partial charge in [0.1, 0.15) is 5.82 Å². The van der Waals surface area contributed by atoms with Crippen LogP contribution in [0, 0.1) is 5.82 Å². The Bertz CT molecular complexity index is 490. The Balaban J connectivity index is 2.67. The molecule has 0 aliphatic carbocycles. The van der Waals surface area contributed by atoms with Crippen LogP contribution in [0.1, 0.15) is 10.4 Å². The average Bonchev–Trinajstić information content (AvgIpc) is 2.59. The molecule has 1 heterocycles. The topological polar surface area (TPSA) is 42.1 Å². The van der Waals surface area contributed by atoms with E-state index in [1.54, 1.807) is 6.07 Å². The minimum atomic E-state index is -0.471. The molecule has 3 nitrogen and oxygen atoms in total. The number of H-pyrrole nitrogens is 1. The van der Waals surface area contributed by atoms with E-state index in [0.717, 1.165) is 0 Å². The second-order valence-corrected chi connectivity index (χ2v) is 2.88. The molecule has 0 fully saturated rings. The molecule has 0 bridgehead atoms. The summed E-state index contributed by atoms with van der Waals surface area (Å²) in [7, 11) is 1.29. The van der Waals surface area contributed by atoms with E-state index in [-0.39, 0.29) is 5.82 Å². The molecular weight excluding hydrogens is 185 g/mol. The Labute approximate surface area is 79.5 Å². The van der Waals surface area contributed by atoms with Crippen molar-refractivity contribution in [1.29, 1.82) is 0 Å². The van der Waals surface area contributed by atoms with E-state index in [4.69, 9.17) is 0 Å². The SMILES string of the molecule is COC(=O)c1c[nH]c2ccc(F)cc12. The molecule has 2 aromatic rings. The van der Waals surface area contributed by atoms with Gasteiger partial charge in [-0.15, -0.1) is 0 Å². The molecule has 72 valence electrons. The molecule has 0 saturated heterocycles. The summed E-state index contributed by atoms with van der Waals surface area (Å²) in [5.74, 6) is -0.843. The van der Waals surface area contributed by atoms with Crippen molar-refractivity contribution in [2.75, 3.05) is 7.11 Å². The number of hydrogen-bond donors (Lipinski definition) is 1. The van der Waals surface area contributed by atoms with Crippen molar-refractivity contribution in [1.82, 2.24) is 4.98 Å². The first-order chi connectivity index (χ1) is 6.72. The highest BCUT2D eigenvalue weighted by atomic mass is 19.1. The number of rotatable bonds is 1. The van der Waals surface area contributed by atoms with Crippen molar-refractivity contribution >= 4 is 16.9 Å². The third-order valence-corrected chi connectivity index (χ3v) is 2.05. The van der Waals surface area contributed by atoms with E-state index in [2.05, 4.69) is 9.72 Å². The number of carbonyl (C=O) groups excluding carboxylic acids is 1. The highest BCUT2D eigenvalue weighted by molar-refractivity contribution is 6.03. The molecule has 0 aliphatic rings. The van der Waals surface area contributed by atoms with Crippen molar-refractivity contribution in [3.63, 3.8) is 0 Å². The second kappa shape index (κ2) is 3.14. The number of carbonyl (C=O) groups is 1. The summed E-state index contributed by atoms with van der Waals surface area (Å²) in [6.07, 6.45) is 1.51. The normalized spacial score (nSPS) is 10.4. The lowest BCUT2D eigenvalue weighted by molar-refractivity contribution is 0.0603. The molecule has 4 heteroatoms. The Morgan fingerprint density at radius 2 is 2.29 bits per heavy atom. The van der Waals surface area contributed by atoms with Crippen LogP contribution in [-0.4, -0.2) is 18.1 Å². The Hall–Kier alpha value is -1.84. The van der Waals surface area contributed by atoms with Crippen LogP contribution in [-0.2, 0) is 4.74 Å². The van der Waals surface area contributed by atoms with E-state index >= 15 is 0 Å². The van der Waals surface area contributed by atoms with Gasteiger partial charge in [0.05, 0.1) is 12.7 Å². The summed E-state index contributed by atoms with van der Waals surface area (Å²) in [4.78, 5) is 14.1. The second-order valence-electron chi connectivity index (χ2n) is 2.88. The Morgan fingerprint density at radius 1 is 1.50 bits per heavy atom. The molecule has 14 heavy (non-hydrogen) atoms. The summed E-state index contributed by atoms with van der Waals surface area (Å²) < 4.78 is 17.5. The molecule has 0 saturated carbocycles. The molecule has 0 atom stereocenters. The number of halogens is 1. The largest absolute Gasteiger partial charge is 0.465 e. The van der Waals surface area contributed by atoms with E-state index in [1.807, 2.05) is 0 Å². The zero-order chi connectivity index (χ0) is 10.1. The molecule has 0 amide bonds. The summed E-state index contributed by atoms with van der Waals surface area (Å²) >= 11 is 0. The van der Waals surface area contributed by atoms with Crippen LogP contribution in [0.2, 0.25) is 0 Å². The fourth-order valence-electron chi connectivity index (χ4n) is 1.37. The molecule has 1 aromatic carbocycles. The third-order valence-electron chi connectivity index (χ3n) is 2.05. The highest BCUT2D eigenvalue weighted by Gasteiger charge is 2.12. The molecule has 0 spiro atoms. The van der Waals surface area contributed by atoms with Gasteiger partial charge >= 0.3 is 5.97 Å². The predicted molar refractivity (Wildman–Crippen MR) is 49.6 cm³/mol. The lowest BCUT2D eigenvalue weighted by Crippen LogP contribution is -1.99. The maximum Gasteiger partial charge on any atom is 0.340 e. The maximum atomic E-state index is 12.9. The maximum absolute atomic E-state index is 12.9. The summed E-state index contributed by atoms with van der Waals surface area (Å²) in [6.45, 7) is 0. The zero-order valence-electron chi connectivity index (χ0n) is 7.50. The standard InChI is InChI=1S/C10H8FNO2/c1-14-10(13)8-5-12-9-3-2-6(11)4-7(8)9/h2-5,12H,1H3. The lowest BCUT2D eigenvalue weighted by atomic mass is 10.2. The summed E-state index contributed by atoms with van der Waals surface area (Å²) in [5.41, 5.74) is 1.06. The van der Waals surface area contributed by atoms with E-state index in [9.17, 15) is 9.18 Å². The number of aromatic nitrogens is 1. The number of hydrogen-bond acceptors (Lipinski definition) is 2. The van der Waals surface area contributed by atoms with Gasteiger partial charge in [-0.3, -0.25) is 0 Å². The molecule has 0 aliphatic heterocycles. The van der Waals surface area contributed by atoms with Gasteiger partial charge in [0.15, 0.2) is 0 Å².